The molecule has 4 heteroatoms. The van der Waals surface area contributed by atoms with Crippen molar-refractivity contribution in [2.75, 3.05) is 11.4 Å². The Morgan fingerprint density at radius 1 is 1.38 bits per heavy atom. The van der Waals surface area contributed by atoms with Gasteiger partial charge < -0.3 is 10.0 Å². The van der Waals surface area contributed by atoms with Gasteiger partial charge in [-0.1, -0.05) is 18.2 Å². The number of carboxylic acids is 1. The zero-order valence-electron chi connectivity index (χ0n) is 11.8. The van der Waals surface area contributed by atoms with Gasteiger partial charge in [-0.2, -0.15) is 0 Å². The molecule has 0 aliphatic carbocycles. The average Bonchev–Trinajstić information content (AvgIpc) is 2.89. The number of aromatic nitrogens is 1. The molecule has 0 spiro atoms. The molecule has 0 saturated carbocycles. The molecule has 2 heterocycles. The van der Waals surface area contributed by atoms with Crippen LogP contribution in [-0.4, -0.2) is 22.6 Å². The van der Waals surface area contributed by atoms with E-state index >= 15 is 0 Å². The second-order valence-electron chi connectivity index (χ2n) is 5.11. The van der Waals surface area contributed by atoms with Crippen molar-refractivity contribution in [1.29, 1.82) is 0 Å². The van der Waals surface area contributed by atoms with Crippen LogP contribution in [0.25, 0.3) is 6.08 Å². The first-order chi connectivity index (χ1) is 10.1. The van der Waals surface area contributed by atoms with Crippen molar-refractivity contribution in [3.63, 3.8) is 0 Å². The molecule has 21 heavy (non-hydrogen) atoms. The highest BCUT2D eigenvalue weighted by molar-refractivity contribution is 5.85. The smallest absolute Gasteiger partial charge is 0.328 e. The number of para-hydroxylation sites is 1. The number of anilines is 2. The highest BCUT2D eigenvalue weighted by Gasteiger charge is 2.21. The number of carboxylic acid groups (broad SMARTS) is 1. The van der Waals surface area contributed by atoms with Crippen LogP contribution >= 0.6 is 0 Å². The molecule has 0 radical (unpaired) electrons. The lowest BCUT2D eigenvalue weighted by Gasteiger charge is -2.20. The molecule has 3 rings (SSSR count). The first kappa shape index (κ1) is 13.4. The topological polar surface area (TPSA) is 53.4 Å². The summed E-state index contributed by atoms with van der Waals surface area (Å²) in [5, 5.41) is 8.67. The number of aryl methyl sites for hydroxylation is 1. The SMILES string of the molecule is Cc1cc(/C=C/C(=O)O)cnc1N1CCc2ccccc21. The van der Waals surface area contributed by atoms with Gasteiger partial charge in [0.25, 0.3) is 0 Å². The standard InChI is InChI=1S/C17H16N2O2/c1-12-10-13(6-7-16(20)21)11-18-17(12)19-9-8-14-4-2-3-5-15(14)19/h2-7,10-11H,8-9H2,1H3,(H,20,21)/b7-6+. The number of benzene rings is 1. The van der Waals surface area contributed by atoms with Gasteiger partial charge in [-0.25, -0.2) is 9.78 Å². The van der Waals surface area contributed by atoms with Gasteiger partial charge in [0.15, 0.2) is 0 Å². The molecule has 106 valence electrons. The van der Waals surface area contributed by atoms with Crippen LogP contribution in [0.5, 0.6) is 0 Å². The molecule has 0 bridgehead atoms. The molecule has 1 aliphatic heterocycles. The lowest BCUT2D eigenvalue weighted by molar-refractivity contribution is -0.131. The summed E-state index contributed by atoms with van der Waals surface area (Å²) in [6.07, 6.45) is 5.42. The molecule has 2 aromatic rings. The van der Waals surface area contributed by atoms with E-state index in [9.17, 15) is 4.79 Å². The Morgan fingerprint density at radius 2 is 2.19 bits per heavy atom. The van der Waals surface area contributed by atoms with Gasteiger partial charge in [0.1, 0.15) is 5.82 Å². The van der Waals surface area contributed by atoms with Crippen molar-refractivity contribution in [1.82, 2.24) is 4.98 Å². The lowest BCUT2D eigenvalue weighted by Crippen LogP contribution is -2.16. The van der Waals surface area contributed by atoms with Crippen molar-refractivity contribution < 1.29 is 9.90 Å². The highest BCUT2D eigenvalue weighted by atomic mass is 16.4. The first-order valence-corrected chi connectivity index (χ1v) is 6.88. The highest BCUT2D eigenvalue weighted by Crippen LogP contribution is 2.34. The number of aliphatic carboxylic acids is 1. The molecule has 0 fully saturated rings. The van der Waals surface area contributed by atoms with E-state index < -0.39 is 5.97 Å². The van der Waals surface area contributed by atoms with E-state index in [0.29, 0.717) is 0 Å². The summed E-state index contributed by atoms with van der Waals surface area (Å²) in [6, 6.07) is 10.3. The predicted molar refractivity (Wildman–Crippen MR) is 82.8 cm³/mol. The van der Waals surface area contributed by atoms with Crippen LogP contribution in [0.3, 0.4) is 0 Å². The van der Waals surface area contributed by atoms with Gasteiger partial charge in [-0.05, 0) is 48.2 Å². The van der Waals surface area contributed by atoms with Crippen molar-refractivity contribution in [3.8, 4) is 0 Å². The van der Waals surface area contributed by atoms with Crippen LogP contribution in [0.4, 0.5) is 11.5 Å². The van der Waals surface area contributed by atoms with Gasteiger partial charge in [0.05, 0.1) is 0 Å². The van der Waals surface area contributed by atoms with Crippen molar-refractivity contribution >= 4 is 23.6 Å². The summed E-state index contributed by atoms with van der Waals surface area (Å²) in [5.74, 6) is -0.0161. The Kier molecular flexibility index (Phi) is 3.44. The quantitative estimate of drug-likeness (QED) is 0.877. The zero-order chi connectivity index (χ0) is 14.8. The van der Waals surface area contributed by atoms with E-state index in [1.54, 1.807) is 12.3 Å². The van der Waals surface area contributed by atoms with E-state index in [1.165, 1.54) is 11.3 Å². The third-order valence-electron chi connectivity index (χ3n) is 3.63. The number of rotatable bonds is 3. The maximum Gasteiger partial charge on any atom is 0.328 e. The minimum atomic E-state index is -0.954. The Bertz CT molecular complexity index is 722. The molecule has 1 N–H and O–H groups in total. The molecule has 1 aliphatic rings. The summed E-state index contributed by atoms with van der Waals surface area (Å²) in [5.41, 5.74) is 4.39. The molecule has 0 unspecified atom stereocenters. The number of hydrogen-bond donors (Lipinski definition) is 1. The van der Waals surface area contributed by atoms with E-state index in [-0.39, 0.29) is 0 Å². The second-order valence-corrected chi connectivity index (χ2v) is 5.11. The Morgan fingerprint density at radius 3 is 2.95 bits per heavy atom. The largest absolute Gasteiger partial charge is 0.478 e. The Balaban J connectivity index is 1.93. The van der Waals surface area contributed by atoms with Crippen molar-refractivity contribution in [3.05, 3.63) is 59.3 Å². The van der Waals surface area contributed by atoms with E-state index in [4.69, 9.17) is 5.11 Å². The van der Waals surface area contributed by atoms with Crippen LogP contribution in [-0.2, 0) is 11.2 Å². The van der Waals surface area contributed by atoms with Crippen molar-refractivity contribution in [2.24, 2.45) is 0 Å². The van der Waals surface area contributed by atoms with Crippen molar-refractivity contribution in [2.45, 2.75) is 13.3 Å². The molecule has 4 nitrogen and oxygen atoms in total. The Labute approximate surface area is 123 Å². The minimum absolute atomic E-state index is 0.797. The summed E-state index contributed by atoms with van der Waals surface area (Å²) in [4.78, 5) is 17.3. The third kappa shape index (κ3) is 2.65. The van der Waals surface area contributed by atoms with Gasteiger partial charge in [0.2, 0.25) is 0 Å². The summed E-state index contributed by atoms with van der Waals surface area (Å²) in [7, 11) is 0. The van der Waals surface area contributed by atoms with Crippen LogP contribution in [0.1, 0.15) is 16.7 Å². The summed E-state index contributed by atoms with van der Waals surface area (Å²) < 4.78 is 0. The Hall–Kier alpha value is -2.62. The lowest BCUT2D eigenvalue weighted by atomic mass is 10.1. The molecule has 1 aromatic carbocycles. The summed E-state index contributed by atoms with van der Waals surface area (Å²) >= 11 is 0. The van der Waals surface area contributed by atoms with Gasteiger partial charge in [0, 0.05) is 24.5 Å². The van der Waals surface area contributed by atoms with Crippen LogP contribution < -0.4 is 4.90 Å². The predicted octanol–water partition coefficient (Wildman–Crippen LogP) is 3.18. The maximum absolute atomic E-state index is 10.6. The fourth-order valence-corrected chi connectivity index (χ4v) is 2.69. The fraction of sp³-hybridized carbons (Fsp3) is 0.176. The normalized spacial score (nSPS) is 13.7. The van der Waals surface area contributed by atoms with E-state index in [1.807, 2.05) is 19.1 Å². The third-order valence-corrected chi connectivity index (χ3v) is 3.63. The number of fused-ring (bicyclic) bond motifs is 1. The molecular formula is C17H16N2O2. The molecule has 0 atom stereocenters. The van der Waals surface area contributed by atoms with Crippen LogP contribution in [0, 0.1) is 6.92 Å². The van der Waals surface area contributed by atoms with E-state index in [0.717, 1.165) is 36.0 Å². The molecule has 0 amide bonds. The van der Waals surface area contributed by atoms with Gasteiger partial charge >= 0.3 is 5.97 Å². The second kappa shape index (κ2) is 5.40. The van der Waals surface area contributed by atoms with Gasteiger partial charge in [-0.15, -0.1) is 0 Å². The maximum atomic E-state index is 10.6. The summed E-state index contributed by atoms with van der Waals surface area (Å²) in [6.45, 7) is 2.93. The number of carbonyl (C=O) groups is 1. The molecular weight excluding hydrogens is 264 g/mol. The zero-order valence-corrected chi connectivity index (χ0v) is 11.8. The molecule has 0 saturated heterocycles. The van der Waals surface area contributed by atoms with Crippen LogP contribution in [0.2, 0.25) is 0 Å². The monoisotopic (exact) mass is 280 g/mol. The number of nitrogens with zero attached hydrogens (tertiary/aromatic N) is 2. The molecule has 1 aromatic heterocycles. The first-order valence-electron chi connectivity index (χ1n) is 6.88. The van der Waals surface area contributed by atoms with Crippen LogP contribution in [0.15, 0.2) is 42.6 Å². The minimum Gasteiger partial charge on any atom is -0.478 e. The van der Waals surface area contributed by atoms with Gasteiger partial charge in [-0.3, -0.25) is 0 Å². The number of hydrogen-bond acceptors (Lipinski definition) is 3. The fourth-order valence-electron chi connectivity index (χ4n) is 2.69. The average molecular weight is 280 g/mol. The van der Waals surface area contributed by atoms with E-state index in [2.05, 4.69) is 28.1 Å². The number of pyridine rings is 1.